The Kier molecular flexibility index (Phi) is 5.27. The van der Waals surface area contributed by atoms with Crippen LogP contribution in [0.3, 0.4) is 0 Å². The monoisotopic (exact) mass is 438 g/mol. The Morgan fingerprint density at radius 1 is 1.29 bits per heavy atom. The Morgan fingerprint density at radius 2 is 2.06 bits per heavy atom. The SMILES string of the molecule is Cc1cnc2c(CNC3(c4ccc(C(F)(F)F)cc4F)CCOCC3(C)O)cnn2c1. The van der Waals surface area contributed by atoms with E-state index in [-0.39, 0.29) is 31.7 Å². The highest BCUT2D eigenvalue weighted by Crippen LogP contribution is 2.42. The molecule has 2 aromatic heterocycles. The molecule has 0 radical (unpaired) electrons. The molecule has 4 rings (SSSR count). The lowest BCUT2D eigenvalue weighted by atomic mass is 9.71. The summed E-state index contributed by atoms with van der Waals surface area (Å²) in [6.07, 6.45) is 0.602. The number of aryl methyl sites for hydroxylation is 1. The molecule has 3 aromatic rings. The first-order chi connectivity index (χ1) is 14.5. The zero-order chi connectivity index (χ0) is 22.4. The molecule has 3 heterocycles. The van der Waals surface area contributed by atoms with E-state index in [1.807, 2.05) is 13.1 Å². The fraction of sp³-hybridized carbons (Fsp3) is 0.429. The maximum atomic E-state index is 15.0. The van der Waals surface area contributed by atoms with Crippen molar-refractivity contribution in [2.24, 2.45) is 0 Å². The Hall–Kier alpha value is -2.56. The molecule has 1 saturated heterocycles. The van der Waals surface area contributed by atoms with Gasteiger partial charge in [-0.25, -0.2) is 13.9 Å². The van der Waals surface area contributed by atoms with Crippen molar-refractivity contribution in [3.05, 3.63) is 64.9 Å². The van der Waals surface area contributed by atoms with E-state index in [1.165, 1.54) is 6.92 Å². The van der Waals surface area contributed by atoms with Gasteiger partial charge in [0.1, 0.15) is 11.4 Å². The quantitative estimate of drug-likeness (QED) is 0.612. The van der Waals surface area contributed by atoms with Crippen LogP contribution in [-0.2, 0) is 23.0 Å². The number of alkyl halides is 3. The second-order valence-corrected chi connectivity index (χ2v) is 8.10. The van der Waals surface area contributed by atoms with Gasteiger partial charge >= 0.3 is 6.18 Å². The Morgan fingerprint density at radius 3 is 2.74 bits per heavy atom. The molecule has 0 aliphatic carbocycles. The lowest BCUT2D eigenvalue weighted by Gasteiger charge is -2.49. The molecule has 1 aliphatic heterocycles. The zero-order valence-electron chi connectivity index (χ0n) is 17.0. The Bertz CT molecular complexity index is 1110. The number of ether oxygens (including phenoxy) is 1. The van der Waals surface area contributed by atoms with Crippen LogP contribution in [0.5, 0.6) is 0 Å². The molecular weight excluding hydrogens is 416 g/mol. The first-order valence-corrected chi connectivity index (χ1v) is 9.75. The number of aromatic nitrogens is 3. The van der Waals surface area contributed by atoms with Gasteiger partial charge in [-0.2, -0.15) is 18.3 Å². The maximum absolute atomic E-state index is 15.0. The third-order valence-electron chi connectivity index (χ3n) is 5.82. The van der Waals surface area contributed by atoms with Gasteiger partial charge in [-0.3, -0.25) is 0 Å². The largest absolute Gasteiger partial charge is 0.416 e. The van der Waals surface area contributed by atoms with E-state index in [9.17, 15) is 22.7 Å². The highest BCUT2D eigenvalue weighted by Gasteiger charge is 2.52. The molecule has 0 spiro atoms. The van der Waals surface area contributed by atoms with Crippen LogP contribution in [-0.4, -0.2) is 38.5 Å². The summed E-state index contributed by atoms with van der Waals surface area (Å²) in [7, 11) is 0. The summed E-state index contributed by atoms with van der Waals surface area (Å²) in [6, 6.07) is 2.37. The van der Waals surface area contributed by atoms with Crippen LogP contribution in [0, 0.1) is 12.7 Å². The fourth-order valence-electron chi connectivity index (χ4n) is 4.11. The van der Waals surface area contributed by atoms with Crippen LogP contribution in [0.2, 0.25) is 0 Å². The van der Waals surface area contributed by atoms with Gasteiger partial charge in [0, 0.05) is 36.7 Å². The summed E-state index contributed by atoms with van der Waals surface area (Å²) in [5.74, 6) is -1.04. The first kappa shape index (κ1) is 21.7. The minimum absolute atomic E-state index is 0.0472. The first-order valence-electron chi connectivity index (χ1n) is 9.75. The molecule has 1 aliphatic rings. The van der Waals surface area contributed by atoms with E-state index in [0.29, 0.717) is 17.3 Å². The molecule has 0 amide bonds. The maximum Gasteiger partial charge on any atom is 0.416 e. The van der Waals surface area contributed by atoms with Crippen LogP contribution in [0.15, 0.2) is 36.8 Å². The van der Waals surface area contributed by atoms with Gasteiger partial charge in [0.25, 0.3) is 0 Å². The number of rotatable bonds is 4. The standard InChI is InChI=1S/C21H22F4N4O2/c1-13-8-26-18-14(10-28-29(18)11-13)9-27-20(5-6-31-12-19(20,2)30)16-4-3-15(7-17(16)22)21(23,24)25/h3-4,7-8,10-11,27,30H,5-6,9,12H2,1-2H3. The topological polar surface area (TPSA) is 71.7 Å². The number of benzene rings is 1. The highest BCUT2D eigenvalue weighted by molar-refractivity contribution is 5.46. The number of hydrogen-bond acceptors (Lipinski definition) is 5. The van der Waals surface area contributed by atoms with E-state index in [0.717, 1.165) is 17.7 Å². The second-order valence-electron chi connectivity index (χ2n) is 8.10. The van der Waals surface area contributed by atoms with Crippen molar-refractivity contribution in [3.63, 3.8) is 0 Å². The van der Waals surface area contributed by atoms with Gasteiger partial charge < -0.3 is 15.2 Å². The molecule has 2 atom stereocenters. The number of aliphatic hydroxyl groups is 1. The number of fused-ring (bicyclic) bond motifs is 1. The van der Waals surface area contributed by atoms with Crippen molar-refractivity contribution < 1.29 is 27.4 Å². The molecule has 0 saturated carbocycles. The number of nitrogens with one attached hydrogen (secondary N) is 1. The number of hydrogen-bond donors (Lipinski definition) is 2. The van der Waals surface area contributed by atoms with Crippen LogP contribution in [0.4, 0.5) is 17.6 Å². The normalized spacial score (nSPS) is 24.6. The lowest BCUT2D eigenvalue weighted by Crippen LogP contribution is -2.64. The van der Waals surface area contributed by atoms with Gasteiger partial charge in [-0.05, 0) is 38.0 Å². The van der Waals surface area contributed by atoms with Gasteiger partial charge in [0.05, 0.1) is 23.9 Å². The average molecular weight is 438 g/mol. The molecular formula is C21H22F4N4O2. The summed E-state index contributed by atoms with van der Waals surface area (Å²) in [5, 5.41) is 18.6. The third kappa shape index (κ3) is 3.79. The third-order valence-corrected chi connectivity index (χ3v) is 5.82. The van der Waals surface area contributed by atoms with E-state index in [1.54, 1.807) is 16.9 Å². The highest BCUT2D eigenvalue weighted by atomic mass is 19.4. The molecule has 166 valence electrons. The van der Waals surface area contributed by atoms with Gasteiger partial charge in [0.15, 0.2) is 5.65 Å². The number of halogens is 4. The summed E-state index contributed by atoms with van der Waals surface area (Å²) in [4.78, 5) is 4.37. The van der Waals surface area contributed by atoms with Crippen LogP contribution < -0.4 is 5.32 Å². The van der Waals surface area contributed by atoms with Gasteiger partial charge in [0.2, 0.25) is 0 Å². The lowest BCUT2D eigenvalue weighted by molar-refractivity contribution is -0.144. The van der Waals surface area contributed by atoms with Gasteiger partial charge in [-0.15, -0.1) is 0 Å². The van der Waals surface area contributed by atoms with E-state index < -0.39 is 28.7 Å². The van der Waals surface area contributed by atoms with E-state index in [2.05, 4.69) is 15.4 Å². The van der Waals surface area contributed by atoms with Crippen molar-refractivity contribution in [3.8, 4) is 0 Å². The minimum Gasteiger partial charge on any atom is -0.385 e. The minimum atomic E-state index is -4.67. The molecule has 31 heavy (non-hydrogen) atoms. The average Bonchev–Trinajstić information content (AvgIpc) is 3.08. The molecule has 6 nitrogen and oxygen atoms in total. The van der Waals surface area contributed by atoms with Crippen molar-refractivity contribution in [1.29, 1.82) is 0 Å². The second kappa shape index (κ2) is 7.54. The summed E-state index contributed by atoms with van der Waals surface area (Å²) in [6.45, 7) is 3.63. The summed E-state index contributed by atoms with van der Waals surface area (Å²) < 4.78 is 61.1. The summed E-state index contributed by atoms with van der Waals surface area (Å²) >= 11 is 0. The van der Waals surface area contributed by atoms with Crippen LogP contribution >= 0.6 is 0 Å². The number of nitrogens with zero attached hydrogens (tertiary/aromatic N) is 3. The molecule has 0 bridgehead atoms. The fourth-order valence-corrected chi connectivity index (χ4v) is 4.11. The van der Waals surface area contributed by atoms with Crippen molar-refractivity contribution in [2.45, 2.75) is 44.1 Å². The molecule has 2 unspecified atom stereocenters. The molecule has 1 aromatic carbocycles. The van der Waals surface area contributed by atoms with Gasteiger partial charge in [-0.1, -0.05) is 6.07 Å². The predicted molar refractivity (Wildman–Crippen MR) is 104 cm³/mol. The van der Waals surface area contributed by atoms with E-state index >= 15 is 0 Å². The Balaban J connectivity index is 1.74. The molecule has 2 N–H and O–H groups in total. The van der Waals surface area contributed by atoms with Crippen molar-refractivity contribution in [2.75, 3.05) is 13.2 Å². The molecule has 1 fully saturated rings. The van der Waals surface area contributed by atoms with E-state index in [4.69, 9.17) is 4.74 Å². The summed E-state index contributed by atoms with van der Waals surface area (Å²) in [5.41, 5.74) is -1.88. The Labute approximate surface area is 175 Å². The smallest absolute Gasteiger partial charge is 0.385 e. The van der Waals surface area contributed by atoms with Crippen molar-refractivity contribution >= 4 is 5.65 Å². The predicted octanol–water partition coefficient (Wildman–Crippen LogP) is 3.35. The zero-order valence-corrected chi connectivity index (χ0v) is 17.0. The molecule has 10 heteroatoms. The van der Waals surface area contributed by atoms with Crippen LogP contribution in [0.1, 0.15) is 35.6 Å². The van der Waals surface area contributed by atoms with Crippen LogP contribution in [0.25, 0.3) is 5.65 Å². The van der Waals surface area contributed by atoms with Crippen molar-refractivity contribution in [1.82, 2.24) is 19.9 Å².